The summed E-state index contributed by atoms with van der Waals surface area (Å²) in [6.45, 7) is 2.58. The van der Waals surface area contributed by atoms with Gasteiger partial charge in [-0.25, -0.2) is 9.97 Å². The first kappa shape index (κ1) is 14.2. The molecule has 3 nitrogen and oxygen atoms in total. The van der Waals surface area contributed by atoms with E-state index in [0.717, 1.165) is 17.8 Å². The van der Waals surface area contributed by atoms with Gasteiger partial charge in [0.1, 0.15) is 5.82 Å². The van der Waals surface area contributed by atoms with E-state index in [2.05, 4.69) is 9.97 Å². The number of nitrogens with zero attached hydrogens (tertiary/aromatic N) is 2. The summed E-state index contributed by atoms with van der Waals surface area (Å²) in [5.74, 6) is 0.827. The Labute approximate surface area is 84.6 Å². The minimum Gasteiger partial charge on any atom is -0.330 e. The summed E-state index contributed by atoms with van der Waals surface area (Å²) in [6, 6.07) is 0. The van der Waals surface area contributed by atoms with Crippen LogP contribution in [0.5, 0.6) is 0 Å². The highest BCUT2D eigenvalue weighted by Crippen LogP contribution is 1.92. The lowest BCUT2D eigenvalue weighted by Crippen LogP contribution is -2.05. The highest BCUT2D eigenvalue weighted by molar-refractivity contribution is 5.85. The number of aromatic nitrogens is 2. The molecule has 0 atom stereocenters. The van der Waals surface area contributed by atoms with Gasteiger partial charge in [-0.15, -0.1) is 24.8 Å². The molecule has 1 aromatic rings. The van der Waals surface area contributed by atoms with E-state index in [9.17, 15) is 0 Å². The lowest BCUT2D eigenvalue weighted by molar-refractivity contribution is 0.862. The molecule has 0 spiro atoms. The maximum atomic E-state index is 5.32. The zero-order valence-electron chi connectivity index (χ0n) is 6.86. The fourth-order valence-corrected chi connectivity index (χ4v) is 0.678. The molecular formula is C7H13Cl2N3. The van der Waals surface area contributed by atoms with Crippen molar-refractivity contribution in [1.29, 1.82) is 0 Å². The maximum Gasteiger partial charge on any atom is 0.129 e. The van der Waals surface area contributed by atoms with Crippen LogP contribution in [0, 0.1) is 6.92 Å². The highest BCUT2D eigenvalue weighted by Gasteiger charge is 1.91. The Balaban J connectivity index is 0. The summed E-state index contributed by atoms with van der Waals surface area (Å²) < 4.78 is 0. The predicted octanol–water partition coefficient (Wildman–Crippen LogP) is 1.13. The van der Waals surface area contributed by atoms with Crippen LogP contribution in [-0.2, 0) is 6.42 Å². The largest absolute Gasteiger partial charge is 0.330 e. The predicted molar refractivity (Wildman–Crippen MR) is 54.0 cm³/mol. The van der Waals surface area contributed by atoms with Gasteiger partial charge in [0.15, 0.2) is 0 Å². The Morgan fingerprint density at radius 1 is 1.25 bits per heavy atom. The van der Waals surface area contributed by atoms with Crippen LogP contribution in [0.1, 0.15) is 11.4 Å². The van der Waals surface area contributed by atoms with Crippen LogP contribution < -0.4 is 5.73 Å². The zero-order chi connectivity index (χ0) is 7.40. The molecule has 12 heavy (non-hydrogen) atoms. The molecule has 1 aromatic heterocycles. The molecule has 2 N–H and O–H groups in total. The minimum absolute atomic E-state index is 0. The summed E-state index contributed by atoms with van der Waals surface area (Å²) in [6.07, 6.45) is 4.37. The van der Waals surface area contributed by atoms with Crippen molar-refractivity contribution in [2.45, 2.75) is 13.3 Å². The van der Waals surface area contributed by atoms with Gasteiger partial charge >= 0.3 is 0 Å². The third-order valence-electron chi connectivity index (χ3n) is 1.20. The van der Waals surface area contributed by atoms with E-state index in [-0.39, 0.29) is 24.8 Å². The van der Waals surface area contributed by atoms with Crippen molar-refractivity contribution in [3.8, 4) is 0 Å². The Hall–Kier alpha value is -0.380. The SMILES string of the molecule is Cc1cnc(CCN)nc1.Cl.Cl. The summed E-state index contributed by atoms with van der Waals surface area (Å²) in [7, 11) is 0. The van der Waals surface area contributed by atoms with Crippen molar-refractivity contribution in [3.63, 3.8) is 0 Å². The molecular weight excluding hydrogens is 197 g/mol. The monoisotopic (exact) mass is 209 g/mol. The van der Waals surface area contributed by atoms with Gasteiger partial charge in [-0.05, 0) is 19.0 Å². The molecule has 0 aliphatic rings. The fourth-order valence-electron chi connectivity index (χ4n) is 0.678. The number of hydrogen-bond donors (Lipinski definition) is 1. The molecule has 0 unspecified atom stereocenters. The van der Waals surface area contributed by atoms with E-state index < -0.39 is 0 Å². The second kappa shape index (κ2) is 7.28. The average Bonchev–Trinajstić information content (AvgIpc) is 1.95. The Bertz CT molecular complexity index is 200. The number of aryl methyl sites for hydroxylation is 1. The van der Waals surface area contributed by atoms with E-state index in [1.165, 1.54) is 0 Å². The van der Waals surface area contributed by atoms with Gasteiger partial charge in [0.25, 0.3) is 0 Å². The Morgan fingerprint density at radius 2 is 1.75 bits per heavy atom. The van der Waals surface area contributed by atoms with Crippen LogP contribution >= 0.6 is 24.8 Å². The first-order valence-corrected chi connectivity index (χ1v) is 3.30. The normalized spacial score (nSPS) is 8.17. The van der Waals surface area contributed by atoms with Crippen LogP contribution in [0.3, 0.4) is 0 Å². The van der Waals surface area contributed by atoms with Crippen LogP contribution in [0.25, 0.3) is 0 Å². The summed E-state index contributed by atoms with van der Waals surface area (Å²) in [5, 5.41) is 0. The molecule has 0 bridgehead atoms. The number of nitrogens with two attached hydrogens (primary N) is 1. The minimum atomic E-state index is 0. The molecule has 70 valence electrons. The maximum absolute atomic E-state index is 5.32. The number of rotatable bonds is 2. The molecule has 0 saturated heterocycles. The van der Waals surface area contributed by atoms with Gasteiger partial charge in [0, 0.05) is 18.8 Å². The van der Waals surface area contributed by atoms with Crippen molar-refractivity contribution in [3.05, 3.63) is 23.8 Å². The summed E-state index contributed by atoms with van der Waals surface area (Å²) in [4.78, 5) is 8.15. The molecule has 1 rings (SSSR count). The summed E-state index contributed by atoms with van der Waals surface area (Å²) in [5.41, 5.74) is 6.40. The van der Waals surface area contributed by atoms with E-state index in [4.69, 9.17) is 5.73 Å². The molecule has 0 radical (unpaired) electrons. The lowest BCUT2D eigenvalue weighted by Gasteiger charge is -1.95. The van der Waals surface area contributed by atoms with Gasteiger partial charge in [0.2, 0.25) is 0 Å². The summed E-state index contributed by atoms with van der Waals surface area (Å²) >= 11 is 0. The third-order valence-corrected chi connectivity index (χ3v) is 1.20. The first-order chi connectivity index (χ1) is 4.83. The standard InChI is InChI=1S/C7H11N3.2ClH/c1-6-4-9-7(2-3-8)10-5-6;;/h4-5H,2-3,8H2,1H3;2*1H. The van der Waals surface area contributed by atoms with Crippen molar-refractivity contribution >= 4 is 24.8 Å². The van der Waals surface area contributed by atoms with Crippen molar-refractivity contribution in [2.24, 2.45) is 5.73 Å². The van der Waals surface area contributed by atoms with Crippen molar-refractivity contribution in [2.75, 3.05) is 6.54 Å². The van der Waals surface area contributed by atoms with Gasteiger partial charge < -0.3 is 5.73 Å². The molecule has 0 aromatic carbocycles. The van der Waals surface area contributed by atoms with Gasteiger partial charge in [-0.3, -0.25) is 0 Å². The molecule has 0 amide bonds. The smallest absolute Gasteiger partial charge is 0.129 e. The number of halogens is 2. The van der Waals surface area contributed by atoms with E-state index >= 15 is 0 Å². The van der Waals surface area contributed by atoms with Crippen LogP contribution in [0.2, 0.25) is 0 Å². The molecule has 0 fully saturated rings. The fraction of sp³-hybridized carbons (Fsp3) is 0.429. The molecule has 0 aliphatic heterocycles. The topological polar surface area (TPSA) is 51.8 Å². The Morgan fingerprint density at radius 3 is 2.17 bits per heavy atom. The van der Waals surface area contributed by atoms with E-state index in [0.29, 0.717) is 6.54 Å². The van der Waals surface area contributed by atoms with Crippen LogP contribution in [-0.4, -0.2) is 16.5 Å². The third kappa shape index (κ3) is 4.49. The molecule has 0 aliphatic carbocycles. The highest BCUT2D eigenvalue weighted by atomic mass is 35.5. The first-order valence-electron chi connectivity index (χ1n) is 3.30. The quantitative estimate of drug-likeness (QED) is 0.795. The van der Waals surface area contributed by atoms with Gasteiger partial charge in [-0.2, -0.15) is 0 Å². The molecule has 5 heteroatoms. The number of hydrogen-bond acceptors (Lipinski definition) is 3. The van der Waals surface area contributed by atoms with Crippen LogP contribution in [0.4, 0.5) is 0 Å². The van der Waals surface area contributed by atoms with Gasteiger partial charge in [-0.1, -0.05) is 0 Å². The average molecular weight is 210 g/mol. The van der Waals surface area contributed by atoms with E-state index in [1.54, 1.807) is 12.4 Å². The zero-order valence-corrected chi connectivity index (χ0v) is 8.49. The lowest BCUT2D eigenvalue weighted by atomic mass is 10.3. The Kier molecular flexibility index (Phi) is 8.59. The van der Waals surface area contributed by atoms with Crippen molar-refractivity contribution in [1.82, 2.24) is 9.97 Å². The molecule has 0 saturated carbocycles. The second-order valence-electron chi connectivity index (χ2n) is 2.22. The second-order valence-corrected chi connectivity index (χ2v) is 2.22. The van der Waals surface area contributed by atoms with Crippen LogP contribution in [0.15, 0.2) is 12.4 Å². The van der Waals surface area contributed by atoms with Crippen molar-refractivity contribution < 1.29 is 0 Å². The molecule has 1 heterocycles. The van der Waals surface area contributed by atoms with E-state index in [1.807, 2.05) is 6.92 Å². The van der Waals surface area contributed by atoms with Gasteiger partial charge in [0.05, 0.1) is 0 Å².